The second-order valence-corrected chi connectivity index (χ2v) is 4.68. The van der Waals surface area contributed by atoms with Crippen molar-refractivity contribution in [3.05, 3.63) is 29.8 Å². The summed E-state index contributed by atoms with van der Waals surface area (Å²) in [5.41, 5.74) is 1.24. The molecule has 0 N–H and O–H groups in total. The lowest BCUT2D eigenvalue weighted by molar-refractivity contribution is 0.198. The minimum Gasteiger partial charge on any atom is -0.489 e. The molecule has 0 spiro atoms. The predicted octanol–water partition coefficient (Wildman–Crippen LogP) is 2.81. The van der Waals surface area contributed by atoms with Gasteiger partial charge < -0.3 is 4.74 Å². The number of benzene rings is 1. The van der Waals surface area contributed by atoms with Crippen LogP contribution in [0.1, 0.15) is 18.4 Å². The summed E-state index contributed by atoms with van der Waals surface area (Å²) in [6.45, 7) is 4.65. The monoisotopic (exact) mass is 237 g/mol. The van der Waals surface area contributed by atoms with Crippen molar-refractivity contribution in [2.24, 2.45) is 0 Å². The number of nitrogens with zero attached hydrogens (tertiary/aromatic N) is 1. The molecule has 0 aliphatic carbocycles. The highest BCUT2D eigenvalue weighted by molar-refractivity contribution is 5.26. The zero-order valence-corrected chi connectivity index (χ0v) is 10.4. The summed E-state index contributed by atoms with van der Waals surface area (Å²) in [5, 5.41) is 0. The summed E-state index contributed by atoms with van der Waals surface area (Å²) in [5.74, 6) is 0.938. The number of rotatable bonds is 5. The lowest BCUT2D eigenvalue weighted by Gasteiger charge is -2.16. The van der Waals surface area contributed by atoms with Gasteiger partial charge in [-0.25, -0.2) is 0 Å². The van der Waals surface area contributed by atoms with Gasteiger partial charge in [0.05, 0.1) is 6.67 Å². The Hall–Kier alpha value is -1.09. The Balaban J connectivity index is 1.79. The Bertz CT molecular complexity index is 339. The molecule has 3 heteroatoms. The molecule has 1 heterocycles. The summed E-state index contributed by atoms with van der Waals surface area (Å²) in [6.07, 6.45) is 1.94. The Labute approximate surface area is 102 Å². The van der Waals surface area contributed by atoms with E-state index in [0.29, 0.717) is 6.42 Å². The maximum absolute atomic E-state index is 12.1. The normalized spacial score (nSPS) is 20.7. The molecule has 1 atom stereocenters. The molecule has 17 heavy (non-hydrogen) atoms. The van der Waals surface area contributed by atoms with E-state index in [-0.39, 0.29) is 12.8 Å². The summed E-state index contributed by atoms with van der Waals surface area (Å²) < 4.78 is 18.0. The predicted molar refractivity (Wildman–Crippen MR) is 67.2 cm³/mol. The fourth-order valence-corrected chi connectivity index (χ4v) is 2.19. The van der Waals surface area contributed by atoms with E-state index < -0.39 is 0 Å². The Morgan fingerprint density at radius 1 is 1.35 bits per heavy atom. The first-order valence-electron chi connectivity index (χ1n) is 6.29. The van der Waals surface area contributed by atoms with Gasteiger partial charge in [0.25, 0.3) is 0 Å². The fourth-order valence-electron chi connectivity index (χ4n) is 2.19. The highest BCUT2D eigenvalue weighted by atomic mass is 19.1. The van der Waals surface area contributed by atoms with E-state index in [1.54, 1.807) is 0 Å². The quantitative estimate of drug-likeness (QED) is 0.780. The maximum atomic E-state index is 12.1. The molecule has 1 saturated heterocycles. The number of likely N-dealkylation sites (tertiary alicyclic amines) is 1. The van der Waals surface area contributed by atoms with Crippen LogP contribution in [-0.4, -0.2) is 37.3 Å². The molecule has 1 aromatic rings. The fraction of sp³-hybridized carbons (Fsp3) is 0.571. The zero-order chi connectivity index (χ0) is 12.1. The molecule has 0 aromatic heterocycles. The molecule has 1 fully saturated rings. The van der Waals surface area contributed by atoms with Crippen LogP contribution in [0.25, 0.3) is 0 Å². The van der Waals surface area contributed by atoms with Crippen LogP contribution in [0.2, 0.25) is 0 Å². The largest absolute Gasteiger partial charge is 0.489 e. The number of ether oxygens (including phenoxy) is 1. The minimum atomic E-state index is -0.222. The highest BCUT2D eigenvalue weighted by Gasteiger charge is 2.23. The van der Waals surface area contributed by atoms with Gasteiger partial charge in [-0.3, -0.25) is 9.29 Å². The van der Waals surface area contributed by atoms with Crippen molar-refractivity contribution in [2.45, 2.75) is 25.9 Å². The first kappa shape index (κ1) is 12.4. The zero-order valence-electron chi connectivity index (χ0n) is 10.4. The van der Waals surface area contributed by atoms with Crippen LogP contribution in [0.5, 0.6) is 5.75 Å². The van der Waals surface area contributed by atoms with Crippen LogP contribution in [-0.2, 0) is 0 Å². The third-order valence-electron chi connectivity index (χ3n) is 3.16. The first-order chi connectivity index (χ1) is 8.28. The van der Waals surface area contributed by atoms with Gasteiger partial charge >= 0.3 is 0 Å². The Kier molecular flexibility index (Phi) is 4.37. The van der Waals surface area contributed by atoms with Gasteiger partial charge in [-0.05, 0) is 31.9 Å². The van der Waals surface area contributed by atoms with Crippen molar-refractivity contribution >= 4 is 0 Å². The molecule has 1 aliphatic heterocycles. The molecule has 1 aliphatic rings. The number of alkyl halides is 1. The molecule has 0 bridgehead atoms. The van der Waals surface area contributed by atoms with E-state index in [1.165, 1.54) is 5.56 Å². The van der Waals surface area contributed by atoms with Crippen molar-refractivity contribution in [3.8, 4) is 5.75 Å². The van der Waals surface area contributed by atoms with Crippen molar-refractivity contribution in [1.82, 2.24) is 4.90 Å². The molecule has 2 rings (SSSR count). The average molecular weight is 237 g/mol. The van der Waals surface area contributed by atoms with Crippen LogP contribution in [0.4, 0.5) is 4.39 Å². The molecule has 0 saturated carbocycles. The van der Waals surface area contributed by atoms with Gasteiger partial charge in [0, 0.05) is 19.6 Å². The van der Waals surface area contributed by atoms with E-state index in [9.17, 15) is 4.39 Å². The van der Waals surface area contributed by atoms with Gasteiger partial charge in [-0.2, -0.15) is 0 Å². The van der Waals surface area contributed by atoms with E-state index in [4.69, 9.17) is 4.74 Å². The number of hydrogen-bond donors (Lipinski definition) is 0. The number of aryl methyl sites for hydroxylation is 1. The molecule has 0 amide bonds. The topological polar surface area (TPSA) is 12.5 Å². The molecule has 2 nitrogen and oxygen atoms in total. The summed E-state index contributed by atoms with van der Waals surface area (Å²) in [6, 6.07) is 8.15. The summed E-state index contributed by atoms with van der Waals surface area (Å²) >= 11 is 0. The molecular weight excluding hydrogens is 217 g/mol. The standard InChI is InChI=1S/C14H20FNO/c1-12-3-5-13(6-4-12)17-14-7-10-16(11-14)9-2-8-15/h3-6,14H,2,7-11H2,1H3. The first-order valence-corrected chi connectivity index (χ1v) is 6.29. The van der Waals surface area contributed by atoms with Crippen molar-refractivity contribution < 1.29 is 9.13 Å². The van der Waals surface area contributed by atoms with E-state index in [0.717, 1.165) is 31.8 Å². The SMILES string of the molecule is Cc1ccc(OC2CCN(CCCF)C2)cc1. The van der Waals surface area contributed by atoms with Gasteiger partial charge in [0.2, 0.25) is 0 Å². The second kappa shape index (κ2) is 6.01. The third-order valence-corrected chi connectivity index (χ3v) is 3.16. The smallest absolute Gasteiger partial charge is 0.119 e. The van der Waals surface area contributed by atoms with Crippen molar-refractivity contribution in [2.75, 3.05) is 26.3 Å². The molecule has 1 unspecified atom stereocenters. The average Bonchev–Trinajstić information content (AvgIpc) is 2.77. The lowest BCUT2D eigenvalue weighted by Crippen LogP contribution is -2.26. The van der Waals surface area contributed by atoms with E-state index in [1.807, 2.05) is 12.1 Å². The van der Waals surface area contributed by atoms with E-state index in [2.05, 4.69) is 24.0 Å². The molecular formula is C14H20FNO. The van der Waals surface area contributed by atoms with Crippen LogP contribution >= 0.6 is 0 Å². The highest BCUT2D eigenvalue weighted by Crippen LogP contribution is 2.18. The number of halogens is 1. The van der Waals surface area contributed by atoms with Crippen LogP contribution in [0.3, 0.4) is 0 Å². The van der Waals surface area contributed by atoms with Gasteiger partial charge in [-0.15, -0.1) is 0 Å². The second-order valence-electron chi connectivity index (χ2n) is 4.68. The number of hydrogen-bond acceptors (Lipinski definition) is 2. The lowest BCUT2D eigenvalue weighted by atomic mass is 10.2. The van der Waals surface area contributed by atoms with Crippen molar-refractivity contribution in [1.29, 1.82) is 0 Å². The third kappa shape index (κ3) is 3.70. The van der Waals surface area contributed by atoms with Gasteiger partial charge in [0.15, 0.2) is 0 Å². The van der Waals surface area contributed by atoms with Crippen LogP contribution in [0.15, 0.2) is 24.3 Å². The molecule has 0 radical (unpaired) electrons. The van der Waals surface area contributed by atoms with E-state index >= 15 is 0 Å². The molecule has 1 aromatic carbocycles. The van der Waals surface area contributed by atoms with Crippen LogP contribution in [0, 0.1) is 6.92 Å². The van der Waals surface area contributed by atoms with Gasteiger partial charge in [-0.1, -0.05) is 17.7 Å². The summed E-state index contributed by atoms with van der Waals surface area (Å²) in [7, 11) is 0. The van der Waals surface area contributed by atoms with Crippen LogP contribution < -0.4 is 4.74 Å². The Morgan fingerprint density at radius 3 is 2.82 bits per heavy atom. The Morgan fingerprint density at radius 2 is 2.12 bits per heavy atom. The maximum Gasteiger partial charge on any atom is 0.119 e. The molecule has 94 valence electrons. The van der Waals surface area contributed by atoms with Gasteiger partial charge in [0.1, 0.15) is 11.9 Å². The minimum absolute atomic E-state index is 0.222. The summed E-state index contributed by atoms with van der Waals surface area (Å²) in [4.78, 5) is 2.28. The van der Waals surface area contributed by atoms with Crippen molar-refractivity contribution in [3.63, 3.8) is 0 Å².